The summed E-state index contributed by atoms with van der Waals surface area (Å²) < 4.78 is 33.9. The number of sulfonamides is 1. The minimum absolute atomic E-state index is 0.133. The number of rotatable bonds is 6. The Kier molecular flexibility index (Phi) is 5.89. The number of nitrogens with one attached hydrogen (secondary N) is 1. The number of nitro benzene ring substituents is 1. The first-order valence-electron chi connectivity index (χ1n) is 8.98. The van der Waals surface area contributed by atoms with Crippen LogP contribution in [0, 0.1) is 10.1 Å². The number of ether oxygens (including phenoxy) is 1. The minimum atomic E-state index is -4.05. The second-order valence-electron chi connectivity index (χ2n) is 6.69. The van der Waals surface area contributed by atoms with Gasteiger partial charge in [-0.2, -0.15) is 0 Å². The molecule has 0 spiro atoms. The fraction of sp³-hybridized carbons (Fsp3) is 0.278. The van der Waals surface area contributed by atoms with Gasteiger partial charge in [0.25, 0.3) is 15.7 Å². The first kappa shape index (κ1) is 20.9. The van der Waals surface area contributed by atoms with Gasteiger partial charge in [0.15, 0.2) is 5.13 Å². The Morgan fingerprint density at radius 2 is 2.00 bits per heavy atom. The molecule has 0 amide bonds. The van der Waals surface area contributed by atoms with Gasteiger partial charge in [0.1, 0.15) is 5.02 Å². The van der Waals surface area contributed by atoms with E-state index < -0.39 is 20.6 Å². The Balaban J connectivity index is 1.56. The highest BCUT2D eigenvalue weighted by molar-refractivity contribution is 7.93. The van der Waals surface area contributed by atoms with Gasteiger partial charge in [-0.25, -0.2) is 13.4 Å². The Labute approximate surface area is 181 Å². The lowest BCUT2D eigenvalue weighted by Crippen LogP contribution is -2.35. The van der Waals surface area contributed by atoms with Crippen LogP contribution in [0.3, 0.4) is 0 Å². The lowest BCUT2D eigenvalue weighted by molar-refractivity contribution is -0.384. The average Bonchev–Trinajstić information content (AvgIpc) is 3.09. The van der Waals surface area contributed by atoms with E-state index in [1.54, 1.807) is 0 Å². The number of nitro groups is 1. The number of fused-ring (bicyclic) bond motifs is 1. The van der Waals surface area contributed by atoms with Crippen LogP contribution < -0.4 is 4.72 Å². The maximum atomic E-state index is 12.7. The van der Waals surface area contributed by atoms with E-state index in [1.165, 1.54) is 23.5 Å². The number of halogens is 1. The van der Waals surface area contributed by atoms with Gasteiger partial charge in [-0.15, -0.1) is 0 Å². The fourth-order valence-electron chi connectivity index (χ4n) is 3.10. The molecule has 1 fully saturated rings. The van der Waals surface area contributed by atoms with Gasteiger partial charge in [-0.1, -0.05) is 29.0 Å². The van der Waals surface area contributed by atoms with E-state index in [-0.39, 0.29) is 15.0 Å². The highest BCUT2D eigenvalue weighted by Gasteiger charge is 2.22. The normalized spacial score (nSPS) is 15.4. The van der Waals surface area contributed by atoms with Gasteiger partial charge in [-0.05, 0) is 29.8 Å². The number of thiazole rings is 1. The summed E-state index contributed by atoms with van der Waals surface area (Å²) in [5.41, 5.74) is 1.30. The standard InChI is InChI=1S/C18H17ClN4O5S2/c19-14-3-2-13(10-16(14)23(24)25)30(26,27)21-18-20-15-4-1-12(9-17(15)29-18)11-22-5-7-28-8-6-22/h1-4,9-10H,5-8,11H2,(H,20,21). The molecular formula is C18H17ClN4O5S2. The summed E-state index contributed by atoms with van der Waals surface area (Å²) >= 11 is 6.97. The van der Waals surface area contributed by atoms with Gasteiger partial charge in [-0.3, -0.25) is 19.7 Å². The van der Waals surface area contributed by atoms with Crippen molar-refractivity contribution in [3.63, 3.8) is 0 Å². The number of anilines is 1. The van der Waals surface area contributed by atoms with Crippen molar-refractivity contribution in [2.24, 2.45) is 0 Å². The van der Waals surface area contributed by atoms with Gasteiger partial charge in [0.2, 0.25) is 0 Å². The van der Waals surface area contributed by atoms with Crippen LogP contribution in [0.4, 0.5) is 10.8 Å². The van der Waals surface area contributed by atoms with Gasteiger partial charge < -0.3 is 4.74 Å². The zero-order chi connectivity index (χ0) is 21.3. The van der Waals surface area contributed by atoms with Crippen LogP contribution >= 0.6 is 22.9 Å². The number of nitrogens with zero attached hydrogens (tertiary/aromatic N) is 3. The van der Waals surface area contributed by atoms with E-state index >= 15 is 0 Å². The predicted octanol–water partition coefficient (Wildman–Crippen LogP) is 3.49. The molecule has 2 heterocycles. The Bertz CT molecular complexity index is 1210. The summed E-state index contributed by atoms with van der Waals surface area (Å²) in [6.45, 7) is 3.97. The second kappa shape index (κ2) is 8.44. The van der Waals surface area contributed by atoms with Crippen LogP contribution in [0.25, 0.3) is 10.2 Å². The van der Waals surface area contributed by atoms with Crippen molar-refractivity contribution >= 4 is 54.0 Å². The molecule has 0 radical (unpaired) electrons. The Morgan fingerprint density at radius 3 is 2.73 bits per heavy atom. The molecule has 0 unspecified atom stereocenters. The van der Waals surface area contributed by atoms with Crippen LogP contribution in [0.2, 0.25) is 5.02 Å². The third kappa shape index (κ3) is 4.55. The van der Waals surface area contributed by atoms with Crippen LogP contribution in [0.5, 0.6) is 0 Å². The first-order valence-corrected chi connectivity index (χ1v) is 11.7. The predicted molar refractivity (Wildman–Crippen MR) is 115 cm³/mol. The molecule has 0 bridgehead atoms. The summed E-state index contributed by atoms with van der Waals surface area (Å²) in [4.78, 5) is 16.7. The third-order valence-corrected chi connectivity index (χ3v) is 7.33. The Hall–Kier alpha value is -2.31. The lowest BCUT2D eigenvalue weighted by Gasteiger charge is -2.26. The first-order chi connectivity index (χ1) is 14.3. The summed E-state index contributed by atoms with van der Waals surface area (Å²) in [7, 11) is -4.05. The molecule has 1 N–H and O–H groups in total. The van der Waals surface area contributed by atoms with Gasteiger partial charge in [0.05, 0.1) is 33.2 Å². The molecule has 1 aliphatic rings. The highest BCUT2D eigenvalue weighted by atomic mass is 35.5. The third-order valence-electron chi connectivity index (χ3n) is 4.61. The van der Waals surface area contributed by atoms with Crippen LogP contribution in [0.1, 0.15) is 5.56 Å². The molecule has 9 nitrogen and oxygen atoms in total. The molecule has 0 atom stereocenters. The summed E-state index contributed by atoms with van der Waals surface area (Å²) in [5, 5.41) is 11.1. The van der Waals surface area contributed by atoms with Crippen molar-refractivity contribution in [3.05, 3.63) is 57.1 Å². The number of aromatic nitrogens is 1. The van der Waals surface area contributed by atoms with Crippen LogP contribution in [-0.2, 0) is 21.3 Å². The van der Waals surface area contributed by atoms with E-state index in [9.17, 15) is 18.5 Å². The molecule has 30 heavy (non-hydrogen) atoms. The molecule has 1 aromatic heterocycles. The molecule has 12 heteroatoms. The second-order valence-corrected chi connectivity index (χ2v) is 9.81. The topological polar surface area (TPSA) is 115 Å². The molecule has 2 aromatic carbocycles. The van der Waals surface area contributed by atoms with E-state index in [2.05, 4.69) is 14.6 Å². The van der Waals surface area contributed by atoms with Crippen molar-refractivity contribution in [1.82, 2.24) is 9.88 Å². The van der Waals surface area contributed by atoms with Crippen molar-refractivity contribution in [1.29, 1.82) is 0 Å². The molecule has 3 aromatic rings. The molecule has 1 aliphatic heterocycles. The molecule has 0 saturated carbocycles. The van der Waals surface area contributed by atoms with E-state index in [4.69, 9.17) is 16.3 Å². The number of benzene rings is 2. The van der Waals surface area contributed by atoms with Crippen molar-refractivity contribution in [2.75, 3.05) is 31.0 Å². The zero-order valence-corrected chi connectivity index (χ0v) is 18.0. The Morgan fingerprint density at radius 1 is 1.23 bits per heavy atom. The molecular weight excluding hydrogens is 452 g/mol. The molecule has 158 valence electrons. The van der Waals surface area contributed by atoms with E-state index in [0.717, 1.165) is 49.2 Å². The zero-order valence-electron chi connectivity index (χ0n) is 15.6. The number of hydrogen-bond acceptors (Lipinski definition) is 8. The van der Waals surface area contributed by atoms with Crippen LogP contribution in [0.15, 0.2) is 41.3 Å². The highest BCUT2D eigenvalue weighted by Crippen LogP contribution is 2.31. The maximum absolute atomic E-state index is 12.7. The monoisotopic (exact) mass is 468 g/mol. The molecule has 1 saturated heterocycles. The molecule has 0 aliphatic carbocycles. The minimum Gasteiger partial charge on any atom is -0.379 e. The summed E-state index contributed by atoms with van der Waals surface area (Å²) in [6, 6.07) is 9.15. The average molecular weight is 469 g/mol. The van der Waals surface area contributed by atoms with Crippen molar-refractivity contribution in [3.8, 4) is 0 Å². The van der Waals surface area contributed by atoms with Gasteiger partial charge in [0, 0.05) is 25.7 Å². The quantitative estimate of drug-likeness (QED) is 0.435. The van der Waals surface area contributed by atoms with E-state index in [1.807, 2.05) is 18.2 Å². The van der Waals surface area contributed by atoms with Crippen molar-refractivity contribution < 1.29 is 18.1 Å². The largest absolute Gasteiger partial charge is 0.379 e. The fourth-order valence-corrected chi connectivity index (χ4v) is 5.47. The summed E-state index contributed by atoms with van der Waals surface area (Å²) in [6.07, 6.45) is 0. The van der Waals surface area contributed by atoms with Crippen LogP contribution in [-0.4, -0.2) is 49.5 Å². The van der Waals surface area contributed by atoms with Crippen molar-refractivity contribution in [2.45, 2.75) is 11.4 Å². The van der Waals surface area contributed by atoms with Gasteiger partial charge >= 0.3 is 0 Å². The maximum Gasteiger partial charge on any atom is 0.289 e. The molecule has 4 rings (SSSR count). The SMILES string of the molecule is O=[N+]([O-])c1cc(S(=O)(=O)Nc2nc3ccc(CN4CCOCC4)cc3s2)ccc1Cl. The number of hydrogen-bond donors (Lipinski definition) is 1. The number of morpholine rings is 1. The lowest BCUT2D eigenvalue weighted by atomic mass is 10.2. The summed E-state index contributed by atoms with van der Waals surface area (Å²) in [5.74, 6) is 0. The smallest absolute Gasteiger partial charge is 0.289 e. The van der Waals surface area contributed by atoms with E-state index in [0.29, 0.717) is 5.52 Å².